The SMILES string of the molecule is CN(c1ccccc1)n1ccc2ccccc21. The Balaban J connectivity index is 2.10. The molecule has 0 amide bonds. The normalized spacial score (nSPS) is 10.6. The van der Waals surface area contributed by atoms with Gasteiger partial charge in [0.1, 0.15) is 0 Å². The molecule has 3 rings (SSSR count). The summed E-state index contributed by atoms with van der Waals surface area (Å²) in [5.41, 5.74) is 2.40. The molecule has 0 N–H and O–H groups in total. The van der Waals surface area contributed by atoms with E-state index in [1.165, 1.54) is 16.6 Å². The summed E-state index contributed by atoms with van der Waals surface area (Å²) in [6.45, 7) is 0. The molecule has 1 heterocycles. The number of benzene rings is 2. The zero-order valence-corrected chi connectivity index (χ0v) is 9.75. The molecule has 0 fully saturated rings. The molecule has 0 radical (unpaired) electrons. The summed E-state index contributed by atoms with van der Waals surface area (Å²) in [5.74, 6) is 0. The van der Waals surface area contributed by atoms with Gasteiger partial charge in [-0.05, 0) is 24.3 Å². The Kier molecular flexibility index (Phi) is 2.33. The van der Waals surface area contributed by atoms with Gasteiger partial charge in [-0.2, -0.15) is 0 Å². The van der Waals surface area contributed by atoms with Crippen molar-refractivity contribution in [3.8, 4) is 0 Å². The molecule has 17 heavy (non-hydrogen) atoms. The number of aromatic nitrogens is 1. The van der Waals surface area contributed by atoms with Crippen LogP contribution in [0.3, 0.4) is 0 Å². The van der Waals surface area contributed by atoms with Crippen molar-refractivity contribution in [2.75, 3.05) is 12.1 Å². The summed E-state index contributed by atoms with van der Waals surface area (Å²) in [5, 5.41) is 3.40. The van der Waals surface area contributed by atoms with Gasteiger partial charge in [0.15, 0.2) is 0 Å². The van der Waals surface area contributed by atoms with Crippen LogP contribution in [0.25, 0.3) is 10.9 Å². The van der Waals surface area contributed by atoms with E-state index in [1.54, 1.807) is 0 Å². The van der Waals surface area contributed by atoms with Gasteiger partial charge in [-0.25, -0.2) is 0 Å². The molecular weight excluding hydrogens is 208 g/mol. The second-order valence-electron chi connectivity index (χ2n) is 4.08. The molecule has 0 saturated heterocycles. The topological polar surface area (TPSA) is 8.17 Å². The summed E-state index contributed by atoms with van der Waals surface area (Å²) in [7, 11) is 2.07. The van der Waals surface area contributed by atoms with Crippen LogP contribution in [0.2, 0.25) is 0 Å². The van der Waals surface area contributed by atoms with Crippen LogP contribution in [0.4, 0.5) is 5.69 Å². The molecule has 2 nitrogen and oxygen atoms in total. The van der Waals surface area contributed by atoms with E-state index in [0.29, 0.717) is 0 Å². The van der Waals surface area contributed by atoms with Crippen LogP contribution in [0, 0.1) is 0 Å². The van der Waals surface area contributed by atoms with Crippen molar-refractivity contribution in [3.63, 3.8) is 0 Å². The largest absolute Gasteiger partial charge is 0.284 e. The lowest BCUT2D eigenvalue weighted by molar-refractivity contribution is 0.808. The van der Waals surface area contributed by atoms with Crippen LogP contribution in [-0.4, -0.2) is 11.7 Å². The molecular formula is C15H14N2. The Morgan fingerprint density at radius 3 is 2.35 bits per heavy atom. The summed E-state index contributed by atoms with van der Waals surface area (Å²) < 4.78 is 2.16. The highest BCUT2D eigenvalue weighted by atomic mass is 15.5. The first kappa shape index (κ1) is 9.97. The Hall–Kier alpha value is -2.22. The third kappa shape index (κ3) is 1.68. The first-order chi connectivity index (χ1) is 8.36. The minimum absolute atomic E-state index is 1.17. The molecule has 0 bridgehead atoms. The fourth-order valence-corrected chi connectivity index (χ4v) is 2.10. The molecule has 0 saturated carbocycles. The fourth-order valence-electron chi connectivity index (χ4n) is 2.10. The molecule has 0 aliphatic carbocycles. The highest BCUT2D eigenvalue weighted by Crippen LogP contribution is 2.19. The van der Waals surface area contributed by atoms with Gasteiger partial charge in [-0.1, -0.05) is 36.4 Å². The third-order valence-corrected chi connectivity index (χ3v) is 3.03. The van der Waals surface area contributed by atoms with Gasteiger partial charge < -0.3 is 0 Å². The molecule has 3 aromatic rings. The number of hydrogen-bond donors (Lipinski definition) is 0. The molecule has 0 aliphatic heterocycles. The van der Waals surface area contributed by atoms with E-state index in [9.17, 15) is 0 Å². The first-order valence-electron chi connectivity index (χ1n) is 5.71. The monoisotopic (exact) mass is 222 g/mol. The van der Waals surface area contributed by atoms with Crippen LogP contribution >= 0.6 is 0 Å². The van der Waals surface area contributed by atoms with E-state index in [-0.39, 0.29) is 0 Å². The van der Waals surface area contributed by atoms with Gasteiger partial charge >= 0.3 is 0 Å². The summed E-state index contributed by atoms with van der Waals surface area (Å²) >= 11 is 0. The second-order valence-corrected chi connectivity index (χ2v) is 4.08. The van der Waals surface area contributed by atoms with Crippen molar-refractivity contribution in [2.45, 2.75) is 0 Å². The van der Waals surface area contributed by atoms with Crippen LogP contribution in [0.1, 0.15) is 0 Å². The number of nitrogens with zero attached hydrogens (tertiary/aromatic N) is 2. The van der Waals surface area contributed by atoms with E-state index in [0.717, 1.165) is 0 Å². The number of para-hydroxylation sites is 2. The van der Waals surface area contributed by atoms with Gasteiger partial charge in [-0.3, -0.25) is 9.69 Å². The fraction of sp³-hybridized carbons (Fsp3) is 0.0667. The second kappa shape index (κ2) is 3.98. The maximum absolute atomic E-state index is 2.16. The Morgan fingerprint density at radius 2 is 1.53 bits per heavy atom. The highest BCUT2D eigenvalue weighted by molar-refractivity contribution is 5.80. The summed E-state index contributed by atoms with van der Waals surface area (Å²) in [6, 6.07) is 20.9. The Morgan fingerprint density at radius 1 is 0.824 bits per heavy atom. The molecule has 0 spiro atoms. The third-order valence-electron chi connectivity index (χ3n) is 3.03. The summed E-state index contributed by atoms with van der Waals surface area (Å²) in [4.78, 5) is 0. The number of fused-ring (bicyclic) bond motifs is 1. The Bertz CT molecular complexity index is 625. The number of rotatable bonds is 2. The molecule has 2 heteroatoms. The zero-order chi connectivity index (χ0) is 11.7. The molecule has 0 atom stereocenters. The average Bonchev–Trinajstić information content (AvgIpc) is 2.83. The minimum atomic E-state index is 1.17. The van der Waals surface area contributed by atoms with Gasteiger partial charge in [-0.15, -0.1) is 0 Å². The van der Waals surface area contributed by atoms with E-state index in [4.69, 9.17) is 0 Å². The number of anilines is 1. The van der Waals surface area contributed by atoms with Crippen molar-refractivity contribution in [2.24, 2.45) is 0 Å². The van der Waals surface area contributed by atoms with Crippen LogP contribution < -0.4 is 5.01 Å². The van der Waals surface area contributed by atoms with Crippen molar-refractivity contribution >= 4 is 16.6 Å². The Labute approximate surface area is 101 Å². The summed E-state index contributed by atoms with van der Waals surface area (Å²) in [6.07, 6.45) is 2.09. The van der Waals surface area contributed by atoms with Crippen molar-refractivity contribution in [1.29, 1.82) is 0 Å². The van der Waals surface area contributed by atoms with Crippen molar-refractivity contribution in [1.82, 2.24) is 4.68 Å². The van der Waals surface area contributed by atoms with E-state index >= 15 is 0 Å². The van der Waals surface area contributed by atoms with Crippen molar-refractivity contribution < 1.29 is 0 Å². The van der Waals surface area contributed by atoms with Crippen LogP contribution in [0.5, 0.6) is 0 Å². The molecule has 2 aromatic carbocycles. The molecule has 0 unspecified atom stereocenters. The first-order valence-corrected chi connectivity index (χ1v) is 5.71. The minimum Gasteiger partial charge on any atom is -0.284 e. The zero-order valence-electron chi connectivity index (χ0n) is 9.75. The lowest BCUT2D eigenvalue weighted by Gasteiger charge is -2.21. The average molecular weight is 222 g/mol. The van der Waals surface area contributed by atoms with Crippen LogP contribution in [-0.2, 0) is 0 Å². The smallest absolute Gasteiger partial charge is 0.0698 e. The molecule has 0 aliphatic rings. The maximum atomic E-state index is 2.16. The standard InChI is InChI=1S/C15H14N2/c1-16(14-8-3-2-4-9-14)17-12-11-13-7-5-6-10-15(13)17/h2-12H,1H3. The highest BCUT2D eigenvalue weighted by Gasteiger charge is 2.05. The lowest BCUT2D eigenvalue weighted by Crippen LogP contribution is -2.23. The molecule has 1 aromatic heterocycles. The number of hydrogen-bond acceptors (Lipinski definition) is 1. The van der Waals surface area contributed by atoms with Gasteiger partial charge in [0.2, 0.25) is 0 Å². The van der Waals surface area contributed by atoms with Gasteiger partial charge in [0.25, 0.3) is 0 Å². The lowest BCUT2D eigenvalue weighted by atomic mass is 10.2. The quantitative estimate of drug-likeness (QED) is 0.644. The van der Waals surface area contributed by atoms with Gasteiger partial charge in [0, 0.05) is 18.6 Å². The van der Waals surface area contributed by atoms with Gasteiger partial charge in [0.05, 0.1) is 11.2 Å². The predicted molar refractivity (Wildman–Crippen MR) is 72.2 cm³/mol. The van der Waals surface area contributed by atoms with E-state index in [1.807, 2.05) is 6.07 Å². The van der Waals surface area contributed by atoms with Crippen LogP contribution in [0.15, 0.2) is 66.9 Å². The van der Waals surface area contributed by atoms with E-state index < -0.39 is 0 Å². The van der Waals surface area contributed by atoms with E-state index in [2.05, 4.69) is 77.5 Å². The molecule has 84 valence electrons. The maximum Gasteiger partial charge on any atom is 0.0698 e. The van der Waals surface area contributed by atoms with Crippen molar-refractivity contribution in [3.05, 3.63) is 66.9 Å². The predicted octanol–water partition coefficient (Wildman–Crippen LogP) is 3.54.